The quantitative estimate of drug-likeness (QED) is 0.402. The van der Waals surface area contributed by atoms with Crippen molar-refractivity contribution in [3.63, 3.8) is 0 Å². The van der Waals surface area contributed by atoms with Gasteiger partial charge in [-0.3, -0.25) is 0 Å². The van der Waals surface area contributed by atoms with Crippen LogP contribution < -0.4 is 4.74 Å². The summed E-state index contributed by atoms with van der Waals surface area (Å²) in [6, 6.07) is 8.94. The van der Waals surface area contributed by atoms with Gasteiger partial charge >= 0.3 is 0 Å². The second-order valence-corrected chi connectivity index (χ2v) is 9.59. The molecule has 0 saturated heterocycles. The van der Waals surface area contributed by atoms with Crippen molar-refractivity contribution in [2.24, 2.45) is 23.7 Å². The fraction of sp³-hybridized carbons (Fsp3) is 0.769. The molecule has 152 valence electrons. The lowest BCUT2D eigenvalue weighted by Gasteiger charge is -2.27. The van der Waals surface area contributed by atoms with Gasteiger partial charge in [0.25, 0.3) is 0 Å². The van der Waals surface area contributed by atoms with Crippen LogP contribution in [0.4, 0.5) is 0 Å². The van der Waals surface area contributed by atoms with Gasteiger partial charge < -0.3 is 4.74 Å². The van der Waals surface area contributed by atoms with Gasteiger partial charge in [-0.2, -0.15) is 0 Å². The van der Waals surface area contributed by atoms with Gasteiger partial charge in [-0.15, -0.1) is 0 Å². The van der Waals surface area contributed by atoms with E-state index in [-0.39, 0.29) is 0 Å². The van der Waals surface area contributed by atoms with E-state index in [4.69, 9.17) is 4.74 Å². The maximum Gasteiger partial charge on any atom is 0.119 e. The number of hydrogen-bond acceptors (Lipinski definition) is 1. The molecule has 2 saturated carbocycles. The predicted molar refractivity (Wildman–Crippen MR) is 116 cm³/mol. The molecule has 1 aromatic rings. The molecule has 27 heavy (non-hydrogen) atoms. The predicted octanol–water partition coefficient (Wildman–Crippen LogP) is 7.82. The van der Waals surface area contributed by atoms with Crippen molar-refractivity contribution in [2.45, 2.75) is 97.3 Å². The van der Waals surface area contributed by atoms with Gasteiger partial charge in [0.1, 0.15) is 5.75 Å². The van der Waals surface area contributed by atoms with Crippen LogP contribution in [0.5, 0.6) is 5.75 Å². The summed E-state index contributed by atoms with van der Waals surface area (Å²) >= 11 is 0. The second-order valence-electron chi connectivity index (χ2n) is 9.59. The van der Waals surface area contributed by atoms with Crippen LogP contribution in [0.2, 0.25) is 0 Å². The summed E-state index contributed by atoms with van der Waals surface area (Å²) < 4.78 is 6.00. The summed E-state index contributed by atoms with van der Waals surface area (Å²) in [5.74, 6) is 4.95. The molecule has 0 aromatic heterocycles. The smallest absolute Gasteiger partial charge is 0.119 e. The van der Waals surface area contributed by atoms with Crippen LogP contribution in [0.15, 0.2) is 24.3 Å². The zero-order chi connectivity index (χ0) is 18.9. The monoisotopic (exact) mass is 370 g/mol. The Bertz CT molecular complexity index is 504. The normalized spacial score (nSPS) is 28.8. The molecule has 1 nitrogen and oxygen atoms in total. The number of benzene rings is 1. The Hall–Kier alpha value is -0.980. The minimum Gasteiger partial charge on any atom is -0.494 e. The van der Waals surface area contributed by atoms with E-state index in [1.807, 2.05) is 0 Å². The molecule has 3 rings (SSSR count). The molecule has 0 radical (unpaired) electrons. The van der Waals surface area contributed by atoms with Crippen LogP contribution in [0, 0.1) is 23.7 Å². The molecular weight excluding hydrogens is 328 g/mol. The first-order valence-corrected chi connectivity index (χ1v) is 11.9. The third kappa shape index (κ3) is 7.16. The highest BCUT2D eigenvalue weighted by atomic mass is 16.5. The number of aryl methyl sites for hydroxylation is 1. The van der Waals surface area contributed by atoms with Gasteiger partial charge in [0.2, 0.25) is 0 Å². The molecule has 2 fully saturated rings. The SMILES string of the molecule is CC[C@H]1CC[C@H](CCCOc2ccc(CC[C@H]3CC[C@H](C)CC3)cc2)CC1. The van der Waals surface area contributed by atoms with E-state index >= 15 is 0 Å². The first-order chi connectivity index (χ1) is 13.2. The van der Waals surface area contributed by atoms with Crippen LogP contribution in [0.1, 0.15) is 96.5 Å². The summed E-state index contributed by atoms with van der Waals surface area (Å²) in [7, 11) is 0. The van der Waals surface area contributed by atoms with Crippen LogP contribution in [0.3, 0.4) is 0 Å². The Morgan fingerprint density at radius 3 is 2.04 bits per heavy atom. The van der Waals surface area contributed by atoms with Crippen molar-refractivity contribution in [1.82, 2.24) is 0 Å². The Labute approximate surface area is 168 Å². The van der Waals surface area contributed by atoms with Crippen LogP contribution >= 0.6 is 0 Å². The van der Waals surface area contributed by atoms with E-state index in [0.717, 1.165) is 36.0 Å². The van der Waals surface area contributed by atoms with E-state index < -0.39 is 0 Å². The molecule has 0 atom stereocenters. The summed E-state index contributed by atoms with van der Waals surface area (Å²) in [5, 5.41) is 0. The molecule has 0 heterocycles. The Kier molecular flexibility index (Phi) is 8.55. The maximum absolute atomic E-state index is 6.00. The lowest BCUT2D eigenvalue weighted by molar-refractivity contribution is 0.234. The Morgan fingerprint density at radius 1 is 0.778 bits per heavy atom. The van der Waals surface area contributed by atoms with Gasteiger partial charge in [0, 0.05) is 0 Å². The van der Waals surface area contributed by atoms with Crippen molar-refractivity contribution >= 4 is 0 Å². The Morgan fingerprint density at radius 2 is 1.37 bits per heavy atom. The second kappa shape index (κ2) is 11.1. The maximum atomic E-state index is 6.00. The van der Waals surface area contributed by atoms with Gasteiger partial charge in [-0.25, -0.2) is 0 Å². The Balaban J connectivity index is 1.28. The van der Waals surface area contributed by atoms with Crippen molar-refractivity contribution in [3.8, 4) is 5.75 Å². The molecule has 0 amide bonds. The minimum absolute atomic E-state index is 0.882. The average Bonchev–Trinajstić information content (AvgIpc) is 2.72. The van der Waals surface area contributed by atoms with Gasteiger partial charge in [-0.05, 0) is 67.1 Å². The summed E-state index contributed by atoms with van der Waals surface area (Å²) in [6.07, 6.45) is 18.2. The average molecular weight is 371 g/mol. The van der Waals surface area contributed by atoms with Crippen molar-refractivity contribution in [3.05, 3.63) is 29.8 Å². The zero-order valence-corrected chi connectivity index (χ0v) is 17.9. The molecule has 2 aliphatic rings. The molecule has 0 unspecified atom stereocenters. The van der Waals surface area contributed by atoms with Crippen molar-refractivity contribution in [2.75, 3.05) is 6.61 Å². The van der Waals surface area contributed by atoms with Crippen LogP contribution in [-0.4, -0.2) is 6.61 Å². The lowest BCUT2D eigenvalue weighted by atomic mass is 9.79. The highest BCUT2D eigenvalue weighted by Crippen LogP contribution is 2.33. The highest BCUT2D eigenvalue weighted by Gasteiger charge is 2.19. The fourth-order valence-corrected chi connectivity index (χ4v) is 5.23. The van der Waals surface area contributed by atoms with Crippen LogP contribution in [-0.2, 0) is 6.42 Å². The topological polar surface area (TPSA) is 9.23 Å². The third-order valence-electron chi connectivity index (χ3n) is 7.47. The molecule has 0 aliphatic heterocycles. The molecule has 1 aromatic carbocycles. The largest absolute Gasteiger partial charge is 0.494 e. The first-order valence-electron chi connectivity index (χ1n) is 11.9. The number of rotatable bonds is 9. The molecule has 0 spiro atoms. The van der Waals surface area contributed by atoms with E-state index in [9.17, 15) is 0 Å². The zero-order valence-electron chi connectivity index (χ0n) is 17.9. The lowest BCUT2D eigenvalue weighted by Crippen LogP contribution is -2.14. The molecule has 0 bridgehead atoms. The summed E-state index contributed by atoms with van der Waals surface area (Å²) in [5.41, 5.74) is 1.48. The van der Waals surface area contributed by atoms with E-state index in [1.54, 1.807) is 0 Å². The summed E-state index contributed by atoms with van der Waals surface area (Å²) in [6.45, 7) is 5.64. The first kappa shape index (κ1) is 20.7. The fourth-order valence-electron chi connectivity index (χ4n) is 5.23. The summed E-state index contributed by atoms with van der Waals surface area (Å²) in [4.78, 5) is 0. The van der Waals surface area contributed by atoms with Crippen molar-refractivity contribution in [1.29, 1.82) is 0 Å². The number of hydrogen-bond donors (Lipinski definition) is 0. The van der Waals surface area contributed by atoms with Crippen molar-refractivity contribution < 1.29 is 4.74 Å². The molecule has 1 heteroatoms. The number of ether oxygens (including phenoxy) is 1. The van der Waals surface area contributed by atoms with E-state index in [1.165, 1.54) is 89.0 Å². The molecule has 0 N–H and O–H groups in total. The van der Waals surface area contributed by atoms with Gasteiger partial charge in [0.15, 0.2) is 0 Å². The third-order valence-corrected chi connectivity index (χ3v) is 7.47. The standard InChI is InChI=1S/C26H42O/c1-3-22-10-12-23(13-11-22)5-4-20-27-26-18-16-25(17-19-26)15-14-24-8-6-21(2)7-9-24/h16-19,21-24H,3-15,20H2,1-2H3/t21-,22-,23-,24-. The highest BCUT2D eigenvalue weighted by molar-refractivity contribution is 5.27. The molecular formula is C26H42O. The van der Waals surface area contributed by atoms with Crippen LogP contribution in [0.25, 0.3) is 0 Å². The minimum atomic E-state index is 0.882. The van der Waals surface area contributed by atoms with E-state index in [2.05, 4.69) is 38.1 Å². The van der Waals surface area contributed by atoms with E-state index in [0.29, 0.717) is 0 Å². The van der Waals surface area contributed by atoms with Gasteiger partial charge in [-0.1, -0.05) is 83.8 Å². The van der Waals surface area contributed by atoms with Gasteiger partial charge in [0.05, 0.1) is 6.61 Å². The molecule has 2 aliphatic carbocycles.